The predicted molar refractivity (Wildman–Crippen MR) is 86.1 cm³/mol. The number of amides is 1. The lowest BCUT2D eigenvalue weighted by Crippen LogP contribution is -2.21. The van der Waals surface area contributed by atoms with Crippen molar-refractivity contribution >= 4 is 57.2 Å². The van der Waals surface area contributed by atoms with Crippen LogP contribution in [-0.4, -0.2) is 16.8 Å². The molecular formula is C13H11Cl3N2OS. The molecule has 1 atom stereocenters. The van der Waals surface area contributed by atoms with E-state index in [1.165, 1.54) is 11.3 Å². The Balaban J connectivity index is 2.16. The van der Waals surface area contributed by atoms with Gasteiger partial charge in [0.25, 0.3) is 0 Å². The summed E-state index contributed by atoms with van der Waals surface area (Å²) in [4.78, 5) is 16.1. The van der Waals surface area contributed by atoms with Crippen molar-refractivity contribution in [1.29, 1.82) is 0 Å². The van der Waals surface area contributed by atoms with Crippen LogP contribution in [0.25, 0.3) is 11.3 Å². The van der Waals surface area contributed by atoms with Crippen molar-refractivity contribution in [1.82, 2.24) is 4.98 Å². The number of carbonyl (C=O) groups is 1. The van der Waals surface area contributed by atoms with Gasteiger partial charge in [-0.3, -0.25) is 4.79 Å². The van der Waals surface area contributed by atoms with Crippen LogP contribution in [0.4, 0.5) is 5.13 Å². The van der Waals surface area contributed by atoms with Crippen LogP contribution in [0.3, 0.4) is 0 Å². The standard InChI is InChI=1S/C13H11Cl3N2OS/c1-7(5-14)12(19)18-13-17-11(6-20-13)8-2-3-9(15)10(16)4-8/h2-4,6-7H,5H2,1H3,(H,17,18,19). The summed E-state index contributed by atoms with van der Waals surface area (Å²) in [6.07, 6.45) is 0. The fourth-order valence-electron chi connectivity index (χ4n) is 1.42. The minimum absolute atomic E-state index is 0.143. The van der Waals surface area contributed by atoms with Gasteiger partial charge in [0.05, 0.1) is 15.7 Å². The molecule has 1 aromatic heterocycles. The zero-order valence-corrected chi connectivity index (χ0v) is 13.6. The number of anilines is 1. The number of thiazole rings is 1. The minimum atomic E-state index is -0.256. The number of rotatable bonds is 4. The van der Waals surface area contributed by atoms with Crippen LogP contribution in [0, 0.1) is 5.92 Å². The molecular weight excluding hydrogens is 339 g/mol. The highest BCUT2D eigenvalue weighted by molar-refractivity contribution is 7.14. The van der Waals surface area contributed by atoms with Crippen molar-refractivity contribution in [2.75, 3.05) is 11.2 Å². The molecule has 0 bridgehead atoms. The molecule has 2 rings (SSSR count). The van der Waals surface area contributed by atoms with Gasteiger partial charge >= 0.3 is 0 Å². The number of nitrogens with one attached hydrogen (secondary N) is 1. The highest BCUT2D eigenvalue weighted by Gasteiger charge is 2.14. The summed E-state index contributed by atoms with van der Waals surface area (Å²) in [5.74, 6) is -0.124. The maximum Gasteiger partial charge on any atom is 0.230 e. The fraction of sp³-hybridized carbons (Fsp3) is 0.231. The average Bonchev–Trinajstić information content (AvgIpc) is 2.89. The molecule has 1 N–H and O–H groups in total. The van der Waals surface area contributed by atoms with Crippen LogP contribution in [0.5, 0.6) is 0 Å². The summed E-state index contributed by atoms with van der Waals surface area (Å²) in [5.41, 5.74) is 1.59. The van der Waals surface area contributed by atoms with E-state index >= 15 is 0 Å². The number of hydrogen-bond donors (Lipinski definition) is 1. The van der Waals surface area contributed by atoms with Gasteiger partial charge < -0.3 is 5.32 Å². The molecule has 1 amide bonds. The molecule has 0 aliphatic heterocycles. The molecule has 0 saturated heterocycles. The van der Waals surface area contributed by atoms with Gasteiger partial charge in [0.2, 0.25) is 5.91 Å². The molecule has 2 aromatic rings. The number of nitrogens with zero attached hydrogens (tertiary/aromatic N) is 1. The predicted octanol–water partition coefficient (Wildman–Crippen LogP) is 4.93. The molecule has 3 nitrogen and oxygen atoms in total. The second-order valence-electron chi connectivity index (χ2n) is 4.21. The summed E-state index contributed by atoms with van der Waals surface area (Å²) >= 11 is 18.8. The lowest BCUT2D eigenvalue weighted by atomic mass is 10.2. The SMILES string of the molecule is CC(CCl)C(=O)Nc1nc(-c2ccc(Cl)c(Cl)c2)cs1. The van der Waals surface area contributed by atoms with E-state index in [2.05, 4.69) is 10.3 Å². The van der Waals surface area contributed by atoms with Crippen molar-refractivity contribution in [3.05, 3.63) is 33.6 Å². The van der Waals surface area contributed by atoms with E-state index in [0.717, 1.165) is 11.3 Å². The van der Waals surface area contributed by atoms with Crippen molar-refractivity contribution < 1.29 is 4.79 Å². The van der Waals surface area contributed by atoms with Crippen LogP contribution in [0.15, 0.2) is 23.6 Å². The summed E-state index contributed by atoms with van der Waals surface area (Å²) in [7, 11) is 0. The zero-order chi connectivity index (χ0) is 14.7. The lowest BCUT2D eigenvalue weighted by molar-refractivity contribution is -0.118. The first-order chi connectivity index (χ1) is 9.51. The first-order valence-corrected chi connectivity index (χ1v) is 7.96. The third-order valence-corrected chi connectivity index (χ3v) is 4.59. The third kappa shape index (κ3) is 3.64. The summed E-state index contributed by atoms with van der Waals surface area (Å²) in [6, 6.07) is 5.29. The van der Waals surface area contributed by atoms with E-state index in [4.69, 9.17) is 34.8 Å². The van der Waals surface area contributed by atoms with Gasteiger partial charge in [-0.1, -0.05) is 36.2 Å². The van der Waals surface area contributed by atoms with Gasteiger partial charge in [-0.25, -0.2) is 4.98 Å². The van der Waals surface area contributed by atoms with Gasteiger partial charge in [-0.05, 0) is 12.1 Å². The molecule has 1 aromatic carbocycles. The van der Waals surface area contributed by atoms with E-state index in [9.17, 15) is 4.79 Å². The van der Waals surface area contributed by atoms with Crippen LogP contribution in [-0.2, 0) is 4.79 Å². The van der Waals surface area contributed by atoms with Gasteiger partial charge in [-0.15, -0.1) is 22.9 Å². The van der Waals surface area contributed by atoms with Gasteiger partial charge in [0, 0.05) is 22.7 Å². The van der Waals surface area contributed by atoms with Crippen molar-refractivity contribution in [2.24, 2.45) is 5.92 Å². The van der Waals surface area contributed by atoms with Crippen molar-refractivity contribution in [3.63, 3.8) is 0 Å². The van der Waals surface area contributed by atoms with E-state index in [1.807, 2.05) is 11.4 Å². The maximum atomic E-state index is 11.7. The Kier molecular flexibility index (Phi) is 5.27. The van der Waals surface area contributed by atoms with E-state index < -0.39 is 0 Å². The number of carbonyl (C=O) groups excluding carboxylic acids is 1. The number of benzene rings is 1. The highest BCUT2D eigenvalue weighted by atomic mass is 35.5. The first kappa shape index (κ1) is 15.6. The molecule has 20 heavy (non-hydrogen) atoms. The van der Waals surface area contributed by atoms with Crippen LogP contribution in [0.1, 0.15) is 6.92 Å². The van der Waals surface area contributed by atoms with Gasteiger partial charge in [0.1, 0.15) is 0 Å². The maximum absolute atomic E-state index is 11.7. The number of halogens is 3. The molecule has 0 aliphatic carbocycles. The molecule has 0 aliphatic rings. The Bertz CT molecular complexity index is 630. The summed E-state index contributed by atoms with van der Waals surface area (Å²) < 4.78 is 0. The van der Waals surface area contributed by atoms with Crippen molar-refractivity contribution in [3.8, 4) is 11.3 Å². The Morgan fingerprint density at radius 1 is 1.40 bits per heavy atom. The Hall–Kier alpha value is -0.810. The minimum Gasteiger partial charge on any atom is -0.302 e. The highest BCUT2D eigenvalue weighted by Crippen LogP contribution is 2.30. The van der Waals surface area contributed by atoms with Crippen molar-refractivity contribution in [2.45, 2.75) is 6.92 Å². The molecule has 0 saturated carbocycles. The van der Waals surface area contributed by atoms with E-state index in [0.29, 0.717) is 15.2 Å². The van der Waals surface area contributed by atoms with Crippen LogP contribution < -0.4 is 5.32 Å². The summed E-state index contributed by atoms with van der Waals surface area (Å²) in [6.45, 7) is 1.76. The lowest BCUT2D eigenvalue weighted by Gasteiger charge is -2.05. The number of aromatic nitrogens is 1. The smallest absolute Gasteiger partial charge is 0.230 e. The molecule has 1 heterocycles. The number of alkyl halides is 1. The Morgan fingerprint density at radius 3 is 2.80 bits per heavy atom. The average molecular weight is 350 g/mol. The monoisotopic (exact) mass is 348 g/mol. The fourth-order valence-corrected chi connectivity index (χ4v) is 2.58. The van der Waals surface area contributed by atoms with E-state index in [1.54, 1.807) is 19.1 Å². The number of hydrogen-bond acceptors (Lipinski definition) is 3. The molecule has 106 valence electrons. The zero-order valence-electron chi connectivity index (χ0n) is 10.5. The molecule has 0 radical (unpaired) electrons. The quantitative estimate of drug-likeness (QED) is 0.795. The topological polar surface area (TPSA) is 42.0 Å². The van der Waals surface area contributed by atoms with Crippen LogP contribution in [0.2, 0.25) is 10.0 Å². The first-order valence-electron chi connectivity index (χ1n) is 5.79. The normalized spacial score (nSPS) is 12.2. The van der Waals surface area contributed by atoms with Crippen LogP contribution >= 0.6 is 46.1 Å². The molecule has 1 unspecified atom stereocenters. The molecule has 7 heteroatoms. The Morgan fingerprint density at radius 2 is 2.15 bits per heavy atom. The van der Waals surface area contributed by atoms with E-state index in [-0.39, 0.29) is 17.7 Å². The third-order valence-electron chi connectivity index (χ3n) is 2.63. The van der Waals surface area contributed by atoms with Gasteiger partial charge in [-0.2, -0.15) is 0 Å². The van der Waals surface area contributed by atoms with Gasteiger partial charge in [0.15, 0.2) is 5.13 Å². The Labute approximate surface area is 135 Å². The second-order valence-corrected chi connectivity index (χ2v) is 6.19. The molecule has 0 fully saturated rings. The molecule has 0 spiro atoms. The second kappa shape index (κ2) is 6.76. The summed E-state index contributed by atoms with van der Waals surface area (Å²) in [5, 5.41) is 6.08. The largest absolute Gasteiger partial charge is 0.302 e.